The summed E-state index contributed by atoms with van der Waals surface area (Å²) in [7, 11) is -2.81. The highest BCUT2D eigenvalue weighted by Gasteiger charge is 2.31. The summed E-state index contributed by atoms with van der Waals surface area (Å²) in [6.07, 6.45) is 7.11. The van der Waals surface area contributed by atoms with Crippen molar-refractivity contribution >= 4 is 38.2 Å². The molecule has 2 fully saturated rings. The molecule has 9 aromatic rings. The number of alkyl halides is 3. The first kappa shape index (κ1) is 51.5. The first-order chi connectivity index (χ1) is 35.7. The molecule has 1 saturated carbocycles. The molecular formula is C54H58F3N11O5S. The van der Waals surface area contributed by atoms with E-state index in [2.05, 4.69) is 102 Å². The quantitative estimate of drug-likeness (QED) is 0.0904. The molecule has 16 nitrogen and oxygen atoms in total. The number of aromatic nitrogens is 9. The number of nitrogens with one attached hydrogen (secondary N) is 2. The molecule has 1 aliphatic carbocycles. The van der Waals surface area contributed by atoms with Gasteiger partial charge in [-0.05, 0) is 125 Å². The first-order valence-electron chi connectivity index (χ1n) is 24.6. The lowest BCUT2D eigenvalue weighted by Crippen LogP contribution is -2.27. The van der Waals surface area contributed by atoms with Gasteiger partial charge in [-0.2, -0.15) is 13.2 Å². The second kappa shape index (κ2) is 22.8. The summed E-state index contributed by atoms with van der Waals surface area (Å²) in [4.78, 5) is 0. The SMILES string of the molecule is Cc1cccc(-c2nnc3ccc(NC4CCC(CO)CC4)cn23)c1.Cc1cccc(-c2nnc3ccc(NCC4CCS(=O)(=O)CC4)cn23)c1.OCCOc1ccc2nnc(-c3cccc(C(F)(F)F)c3)n2c1. The molecule has 0 spiro atoms. The normalized spacial score (nSPS) is 16.8. The predicted octanol–water partition coefficient (Wildman–Crippen LogP) is 9.40. The number of aryl methyl sites for hydroxylation is 2. The Morgan fingerprint density at radius 3 is 1.66 bits per heavy atom. The lowest BCUT2D eigenvalue weighted by atomic mass is 9.86. The second-order valence-corrected chi connectivity index (χ2v) is 21.2. The first-order valence-corrected chi connectivity index (χ1v) is 26.5. The molecule has 2 aliphatic rings. The fraction of sp³-hybridized carbons (Fsp3) is 0.333. The number of rotatable bonds is 12. The van der Waals surface area contributed by atoms with Gasteiger partial charge in [0.25, 0.3) is 0 Å². The molecule has 0 radical (unpaired) electrons. The fourth-order valence-electron chi connectivity index (χ4n) is 9.22. The number of benzene rings is 3. The Balaban J connectivity index is 0.000000137. The highest BCUT2D eigenvalue weighted by molar-refractivity contribution is 7.91. The number of hydrogen-bond donors (Lipinski definition) is 4. The number of halogens is 3. The van der Waals surface area contributed by atoms with Gasteiger partial charge in [0.15, 0.2) is 34.4 Å². The zero-order chi connectivity index (χ0) is 51.8. The van der Waals surface area contributed by atoms with Crippen LogP contribution in [-0.2, 0) is 16.0 Å². The third-order valence-electron chi connectivity index (χ3n) is 13.3. The molecule has 0 unspecified atom stereocenters. The van der Waals surface area contributed by atoms with E-state index < -0.39 is 21.6 Å². The third-order valence-corrected chi connectivity index (χ3v) is 15.0. The number of pyridine rings is 3. The van der Waals surface area contributed by atoms with Gasteiger partial charge in [0.2, 0.25) is 0 Å². The van der Waals surface area contributed by atoms with Crippen LogP contribution >= 0.6 is 0 Å². The van der Waals surface area contributed by atoms with E-state index >= 15 is 0 Å². The maximum Gasteiger partial charge on any atom is 0.416 e. The molecule has 4 N–H and O–H groups in total. The van der Waals surface area contributed by atoms with E-state index in [0.717, 1.165) is 103 Å². The number of sulfone groups is 1. The average molecular weight is 1030 g/mol. The maximum absolute atomic E-state index is 12.8. The molecule has 74 heavy (non-hydrogen) atoms. The van der Waals surface area contributed by atoms with E-state index in [1.807, 2.05) is 47.0 Å². The summed E-state index contributed by atoms with van der Waals surface area (Å²) < 4.78 is 72.5. The van der Waals surface area contributed by atoms with Crippen molar-refractivity contribution in [2.75, 3.05) is 48.5 Å². The summed E-state index contributed by atoms with van der Waals surface area (Å²) in [5, 5.41) is 50.3. The summed E-state index contributed by atoms with van der Waals surface area (Å²) in [5.74, 6) is 3.91. The number of aliphatic hydroxyl groups excluding tert-OH is 2. The van der Waals surface area contributed by atoms with Crippen molar-refractivity contribution in [3.05, 3.63) is 144 Å². The Bertz CT molecular complexity index is 3450. The van der Waals surface area contributed by atoms with Crippen molar-refractivity contribution in [1.82, 2.24) is 43.8 Å². The lowest BCUT2D eigenvalue weighted by molar-refractivity contribution is -0.137. The Hall–Kier alpha value is -7.42. The minimum atomic E-state index is -4.42. The van der Waals surface area contributed by atoms with Crippen LogP contribution < -0.4 is 15.4 Å². The van der Waals surface area contributed by atoms with Crippen molar-refractivity contribution in [2.24, 2.45) is 11.8 Å². The van der Waals surface area contributed by atoms with Crippen LogP contribution in [0.3, 0.4) is 0 Å². The average Bonchev–Trinajstić information content (AvgIpc) is 4.15. The smallest absolute Gasteiger partial charge is 0.416 e. The zero-order valence-corrected chi connectivity index (χ0v) is 41.8. The fourth-order valence-corrected chi connectivity index (χ4v) is 10.8. The number of nitrogens with zero attached hydrogens (tertiary/aromatic N) is 9. The van der Waals surface area contributed by atoms with Crippen LogP contribution in [0.1, 0.15) is 55.2 Å². The van der Waals surface area contributed by atoms with Crippen LogP contribution in [-0.4, -0.2) is 106 Å². The van der Waals surface area contributed by atoms with Crippen molar-refractivity contribution in [3.8, 4) is 39.9 Å². The Morgan fingerprint density at radius 2 is 1.12 bits per heavy atom. The molecule has 1 aliphatic heterocycles. The number of ether oxygens (including phenoxy) is 1. The van der Waals surface area contributed by atoms with E-state index in [1.54, 1.807) is 22.7 Å². The zero-order valence-electron chi connectivity index (χ0n) is 41.0. The number of fused-ring (bicyclic) bond motifs is 3. The largest absolute Gasteiger partial charge is 0.490 e. The molecule has 20 heteroatoms. The molecule has 1 saturated heterocycles. The van der Waals surface area contributed by atoms with Gasteiger partial charge in [-0.15, -0.1) is 30.6 Å². The monoisotopic (exact) mass is 1030 g/mol. The van der Waals surface area contributed by atoms with E-state index in [4.69, 9.17) is 9.84 Å². The topological polar surface area (TPSA) is 198 Å². The van der Waals surface area contributed by atoms with Gasteiger partial charge in [0.1, 0.15) is 22.2 Å². The van der Waals surface area contributed by atoms with Gasteiger partial charge in [-0.3, -0.25) is 13.2 Å². The van der Waals surface area contributed by atoms with Gasteiger partial charge >= 0.3 is 6.18 Å². The second-order valence-electron chi connectivity index (χ2n) is 18.9. The van der Waals surface area contributed by atoms with Crippen LogP contribution in [0.25, 0.3) is 51.1 Å². The Kier molecular flexibility index (Phi) is 15.8. The van der Waals surface area contributed by atoms with E-state index in [1.165, 1.54) is 23.3 Å². The molecule has 6 aromatic heterocycles. The van der Waals surface area contributed by atoms with Gasteiger partial charge in [0, 0.05) is 48.3 Å². The van der Waals surface area contributed by atoms with E-state index in [9.17, 15) is 26.7 Å². The predicted molar refractivity (Wildman–Crippen MR) is 279 cm³/mol. The molecular weight excluding hydrogens is 972 g/mol. The number of hydrogen-bond acceptors (Lipinski definition) is 13. The van der Waals surface area contributed by atoms with Crippen LogP contribution in [0.15, 0.2) is 128 Å². The van der Waals surface area contributed by atoms with Gasteiger partial charge in [-0.25, -0.2) is 8.42 Å². The molecule has 11 rings (SSSR count). The van der Waals surface area contributed by atoms with Crippen molar-refractivity contribution in [2.45, 2.75) is 64.6 Å². The van der Waals surface area contributed by atoms with Crippen LogP contribution in [0.2, 0.25) is 0 Å². The summed E-state index contributed by atoms with van der Waals surface area (Å²) >= 11 is 0. The highest BCUT2D eigenvalue weighted by atomic mass is 32.2. The van der Waals surface area contributed by atoms with Crippen LogP contribution in [0.4, 0.5) is 24.5 Å². The maximum atomic E-state index is 12.8. The minimum absolute atomic E-state index is 0.118. The van der Waals surface area contributed by atoms with Crippen LogP contribution in [0, 0.1) is 25.7 Å². The van der Waals surface area contributed by atoms with Crippen molar-refractivity contribution in [3.63, 3.8) is 0 Å². The molecule has 0 amide bonds. The molecule has 7 heterocycles. The van der Waals surface area contributed by atoms with Gasteiger partial charge in [-0.1, -0.05) is 59.7 Å². The van der Waals surface area contributed by atoms with E-state index in [-0.39, 0.29) is 19.0 Å². The standard InChI is InChI=1S/C20H24N4O.C19H22N4O2S.C15H12F3N3O2/c1-14-3-2-4-16(11-14)20-23-22-19-10-9-18(12-24(19)20)21-17-7-5-15(13-25)6-8-17;1-14-3-2-4-16(11-14)19-22-21-18-6-5-17(13-23(18)19)20-12-15-7-9-26(24,25)10-8-15;16-15(17,18)11-3-1-2-10(8-11)14-20-19-13-5-4-12(9-21(13)14)23-7-6-22/h2-4,9-12,15,17,21,25H,5-8,13H2,1H3;2-6,11,13,15,20H,7-10,12H2,1H3;1-5,8-9,22H,6-7H2. The summed E-state index contributed by atoms with van der Waals surface area (Å²) in [6.45, 7) is 5.22. The number of anilines is 2. The summed E-state index contributed by atoms with van der Waals surface area (Å²) in [5.41, 5.74) is 8.26. The Labute approximate surface area is 426 Å². The van der Waals surface area contributed by atoms with Crippen LogP contribution in [0.5, 0.6) is 5.75 Å². The third kappa shape index (κ3) is 12.7. The van der Waals surface area contributed by atoms with Gasteiger partial charge < -0.3 is 25.6 Å². The van der Waals surface area contributed by atoms with Crippen molar-refractivity contribution < 1.29 is 36.5 Å². The molecule has 0 bridgehead atoms. The summed E-state index contributed by atoms with van der Waals surface area (Å²) in [6, 6.07) is 33.2. The minimum Gasteiger partial charge on any atom is -0.490 e. The van der Waals surface area contributed by atoms with Gasteiger partial charge in [0.05, 0.1) is 41.2 Å². The number of aliphatic hydroxyl groups is 2. The van der Waals surface area contributed by atoms with Crippen molar-refractivity contribution in [1.29, 1.82) is 0 Å². The Morgan fingerprint density at radius 1 is 0.608 bits per heavy atom. The molecule has 386 valence electrons. The molecule has 0 atom stereocenters. The molecule has 3 aromatic carbocycles. The van der Waals surface area contributed by atoms with E-state index in [0.29, 0.717) is 53.0 Å². The highest BCUT2D eigenvalue weighted by Crippen LogP contribution is 2.33. The lowest BCUT2D eigenvalue weighted by Gasteiger charge is -2.28.